The monoisotopic (exact) mass is 304 g/mol. The van der Waals surface area contributed by atoms with Gasteiger partial charge in [-0.25, -0.2) is 13.6 Å². The van der Waals surface area contributed by atoms with E-state index in [-0.39, 0.29) is 21.4 Å². The molecule has 0 aliphatic carbocycles. The molecule has 0 saturated carbocycles. The zero-order chi connectivity index (χ0) is 14.6. The number of halogens is 1. The van der Waals surface area contributed by atoms with E-state index < -0.39 is 10.0 Å². The SMILES string of the molecule is CC(C)CCNC(=O)c1ccc(Cl)c(S(N)(=O)=O)c1. The first-order valence-corrected chi connectivity index (χ1v) is 7.75. The lowest BCUT2D eigenvalue weighted by Crippen LogP contribution is -2.25. The second-order valence-corrected chi connectivity index (χ2v) is 6.57. The van der Waals surface area contributed by atoms with Crippen LogP contribution in [0.2, 0.25) is 5.02 Å². The molecule has 0 bridgehead atoms. The van der Waals surface area contributed by atoms with Gasteiger partial charge in [-0.3, -0.25) is 4.79 Å². The van der Waals surface area contributed by atoms with Crippen molar-refractivity contribution in [3.05, 3.63) is 28.8 Å². The molecular weight excluding hydrogens is 288 g/mol. The van der Waals surface area contributed by atoms with Crippen molar-refractivity contribution < 1.29 is 13.2 Å². The average Bonchev–Trinajstić information content (AvgIpc) is 2.27. The number of hydrogen-bond acceptors (Lipinski definition) is 3. The summed E-state index contributed by atoms with van der Waals surface area (Å²) in [5, 5.41) is 7.73. The van der Waals surface area contributed by atoms with Gasteiger partial charge in [-0.05, 0) is 30.5 Å². The van der Waals surface area contributed by atoms with Crippen LogP contribution in [0.1, 0.15) is 30.6 Å². The van der Waals surface area contributed by atoms with Crippen molar-refractivity contribution in [2.24, 2.45) is 11.1 Å². The van der Waals surface area contributed by atoms with Gasteiger partial charge >= 0.3 is 0 Å². The number of hydrogen-bond donors (Lipinski definition) is 2. The summed E-state index contributed by atoms with van der Waals surface area (Å²) < 4.78 is 22.6. The molecule has 0 saturated heterocycles. The lowest BCUT2D eigenvalue weighted by atomic mass is 10.1. The van der Waals surface area contributed by atoms with Gasteiger partial charge in [0, 0.05) is 12.1 Å². The van der Waals surface area contributed by atoms with E-state index in [0.29, 0.717) is 12.5 Å². The Morgan fingerprint density at radius 3 is 2.58 bits per heavy atom. The van der Waals surface area contributed by atoms with Crippen LogP contribution in [-0.2, 0) is 10.0 Å². The highest BCUT2D eigenvalue weighted by atomic mass is 35.5. The van der Waals surface area contributed by atoms with E-state index in [0.717, 1.165) is 6.42 Å². The number of nitrogens with two attached hydrogens (primary N) is 1. The molecule has 0 aromatic heterocycles. The van der Waals surface area contributed by atoms with E-state index in [1.165, 1.54) is 18.2 Å². The Balaban J connectivity index is 2.88. The number of amides is 1. The largest absolute Gasteiger partial charge is 0.352 e. The second-order valence-electron chi connectivity index (χ2n) is 4.63. The van der Waals surface area contributed by atoms with Crippen molar-refractivity contribution in [3.8, 4) is 0 Å². The van der Waals surface area contributed by atoms with E-state index >= 15 is 0 Å². The molecule has 1 rings (SSSR count). The number of sulfonamides is 1. The third-order valence-corrected chi connectivity index (χ3v) is 3.90. The van der Waals surface area contributed by atoms with Crippen molar-refractivity contribution in [2.45, 2.75) is 25.2 Å². The van der Waals surface area contributed by atoms with Gasteiger partial charge in [-0.15, -0.1) is 0 Å². The number of carbonyl (C=O) groups excluding carboxylic acids is 1. The second kappa shape index (κ2) is 6.36. The zero-order valence-electron chi connectivity index (χ0n) is 10.8. The molecule has 19 heavy (non-hydrogen) atoms. The minimum Gasteiger partial charge on any atom is -0.352 e. The lowest BCUT2D eigenvalue weighted by Gasteiger charge is -2.08. The van der Waals surface area contributed by atoms with E-state index in [1.54, 1.807) is 0 Å². The Morgan fingerprint density at radius 2 is 2.05 bits per heavy atom. The number of carbonyl (C=O) groups is 1. The van der Waals surface area contributed by atoms with Crippen LogP contribution in [0.5, 0.6) is 0 Å². The summed E-state index contributed by atoms with van der Waals surface area (Å²) in [5.74, 6) is 0.132. The maximum Gasteiger partial charge on any atom is 0.251 e. The highest BCUT2D eigenvalue weighted by molar-refractivity contribution is 7.89. The van der Waals surface area contributed by atoms with Crippen LogP contribution in [0.15, 0.2) is 23.1 Å². The summed E-state index contributed by atoms with van der Waals surface area (Å²) in [6, 6.07) is 3.99. The standard InChI is InChI=1S/C12H17ClN2O3S/c1-8(2)5-6-15-12(16)9-3-4-10(13)11(7-9)19(14,17)18/h3-4,7-8H,5-6H2,1-2H3,(H,15,16)(H2,14,17,18). The molecule has 1 aromatic rings. The van der Waals surface area contributed by atoms with Crippen molar-refractivity contribution in [2.75, 3.05) is 6.54 Å². The molecule has 106 valence electrons. The third-order valence-electron chi connectivity index (χ3n) is 2.51. The molecule has 1 amide bonds. The number of nitrogens with one attached hydrogen (secondary N) is 1. The van der Waals surface area contributed by atoms with Gasteiger partial charge in [0.25, 0.3) is 5.91 Å². The minimum absolute atomic E-state index is 0.00114. The quantitative estimate of drug-likeness (QED) is 0.868. The van der Waals surface area contributed by atoms with E-state index in [2.05, 4.69) is 5.32 Å². The van der Waals surface area contributed by atoms with Crippen molar-refractivity contribution >= 4 is 27.5 Å². The summed E-state index contributed by atoms with van der Waals surface area (Å²) >= 11 is 5.74. The van der Waals surface area contributed by atoms with Crippen LogP contribution in [0.25, 0.3) is 0 Å². The average molecular weight is 305 g/mol. The third kappa shape index (κ3) is 4.81. The topological polar surface area (TPSA) is 89.3 Å². The molecule has 0 heterocycles. The first-order chi connectivity index (χ1) is 8.71. The molecule has 0 radical (unpaired) electrons. The molecule has 0 unspecified atom stereocenters. The summed E-state index contributed by atoms with van der Waals surface area (Å²) in [6.07, 6.45) is 0.849. The molecule has 0 atom stereocenters. The Kier molecular flexibility index (Phi) is 5.34. The molecule has 0 fully saturated rings. The van der Waals surface area contributed by atoms with Crippen molar-refractivity contribution in [3.63, 3.8) is 0 Å². The van der Waals surface area contributed by atoms with Crippen LogP contribution in [0.4, 0.5) is 0 Å². The fourth-order valence-electron chi connectivity index (χ4n) is 1.44. The molecular formula is C12H17ClN2O3S. The van der Waals surface area contributed by atoms with Gasteiger partial charge < -0.3 is 5.32 Å². The van der Waals surface area contributed by atoms with Gasteiger partial charge in [-0.2, -0.15) is 0 Å². The fraction of sp³-hybridized carbons (Fsp3) is 0.417. The van der Waals surface area contributed by atoms with Crippen LogP contribution >= 0.6 is 11.6 Å². The molecule has 5 nitrogen and oxygen atoms in total. The van der Waals surface area contributed by atoms with E-state index in [9.17, 15) is 13.2 Å². The minimum atomic E-state index is -3.94. The molecule has 0 spiro atoms. The summed E-state index contributed by atoms with van der Waals surface area (Å²) in [4.78, 5) is 11.6. The van der Waals surface area contributed by atoms with Crippen molar-refractivity contribution in [1.29, 1.82) is 0 Å². The molecule has 0 aliphatic heterocycles. The highest BCUT2D eigenvalue weighted by Crippen LogP contribution is 2.21. The zero-order valence-corrected chi connectivity index (χ0v) is 12.4. The van der Waals surface area contributed by atoms with Gasteiger partial charge in [0.1, 0.15) is 4.90 Å². The Bertz CT molecular complexity index is 570. The number of primary sulfonamides is 1. The van der Waals surface area contributed by atoms with Gasteiger partial charge in [-0.1, -0.05) is 25.4 Å². The Labute approximate surface area is 118 Å². The van der Waals surface area contributed by atoms with Crippen LogP contribution in [0.3, 0.4) is 0 Å². The normalized spacial score (nSPS) is 11.6. The summed E-state index contributed by atoms with van der Waals surface area (Å²) in [7, 11) is -3.94. The van der Waals surface area contributed by atoms with Crippen molar-refractivity contribution in [1.82, 2.24) is 5.32 Å². The number of rotatable bonds is 5. The predicted octanol–water partition coefficient (Wildman–Crippen LogP) is 1.76. The van der Waals surface area contributed by atoms with Crippen LogP contribution < -0.4 is 10.5 Å². The lowest BCUT2D eigenvalue weighted by molar-refractivity contribution is 0.0952. The molecule has 3 N–H and O–H groups in total. The molecule has 1 aromatic carbocycles. The number of benzene rings is 1. The summed E-state index contributed by atoms with van der Waals surface area (Å²) in [6.45, 7) is 4.63. The van der Waals surface area contributed by atoms with Gasteiger partial charge in [0.15, 0.2) is 0 Å². The summed E-state index contributed by atoms with van der Waals surface area (Å²) in [5.41, 5.74) is 0.220. The highest BCUT2D eigenvalue weighted by Gasteiger charge is 2.16. The molecule has 0 aliphatic rings. The van der Waals surface area contributed by atoms with Crippen LogP contribution in [-0.4, -0.2) is 20.9 Å². The smallest absolute Gasteiger partial charge is 0.251 e. The van der Waals surface area contributed by atoms with Crippen LogP contribution in [0, 0.1) is 5.92 Å². The van der Waals surface area contributed by atoms with Gasteiger partial charge in [0.05, 0.1) is 5.02 Å². The first kappa shape index (κ1) is 15.9. The van der Waals surface area contributed by atoms with E-state index in [1.807, 2.05) is 13.8 Å². The fourth-order valence-corrected chi connectivity index (χ4v) is 2.51. The maximum absolute atomic E-state index is 11.8. The Morgan fingerprint density at radius 1 is 1.42 bits per heavy atom. The maximum atomic E-state index is 11.8. The molecule has 7 heteroatoms. The van der Waals surface area contributed by atoms with Gasteiger partial charge in [0.2, 0.25) is 10.0 Å². The Hall–Kier alpha value is -1.11. The predicted molar refractivity (Wildman–Crippen MR) is 74.6 cm³/mol. The first-order valence-electron chi connectivity index (χ1n) is 5.82. The van der Waals surface area contributed by atoms with E-state index in [4.69, 9.17) is 16.7 Å².